The first-order chi connectivity index (χ1) is 13.3. The molecule has 1 saturated heterocycles. The van der Waals surface area contributed by atoms with Crippen LogP contribution >= 0.6 is 0 Å². The van der Waals surface area contributed by atoms with Gasteiger partial charge >= 0.3 is 6.09 Å². The van der Waals surface area contributed by atoms with Gasteiger partial charge in [0.05, 0.1) is 12.4 Å². The van der Waals surface area contributed by atoms with Gasteiger partial charge in [-0.3, -0.25) is 4.98 Å². The molecular weight excluding hydrogens is 340 g/mol. The fourth-order valence-electron chi connectivity index (χ4n) is 2.81. The number of nitrogens with zero attached hydrogens (tertiary/aromatic N) is 2. The number of hydrogen-bond donors (Lipinski definition) is 2. The normalized spacial score (nSPS) is 21.8. The van der Waals surface area contributed by atoms with E-state index in [2.05, 4.69) is 32.5 Å². The van der Waals surface area contributed by atoms with Gasteiger partial charge in [0.15, 0.2) is 0 Å². The minimum absolute atomic E-state index is 0.343. The summed E-state index contributed by atoms with van der Waals surface area (Å²) in [4.78, 5) is 20.0. The number of ether oxygens (including phenoxy) is 1. The molecule has 2 unspecified atom stereocenters. The Kier molecular flexibility index (Phi) is 4.66. The van der Waals surface area contributed by atoms with Gasteiger partial charge in [-0.1, -0.05) is 30.0 Å². The molecular formula is C21H16N4O2. The predicted octanol–water partition coefficient (Wildman–Crippen LogP) is 2.66. The number of hydrogen-bond acceptors (Lipinski definition) is 5. The van der Waals surface area contributed by atoms with E-state index in [1.165, 1.54) is 0 Å². The number of cyclic esters (lactones) is 1. The third kappa shape index (κ3) is 4.05. The lowest BCUT2D eigenvalue weighted by molar-refractivity contribution is 0.153. The van der Waals surface area contributed by atoms with Gasteiger partial charge < -0.3 is 15.4 Å². The second-order valence-electron chi connectivity index (χ2n) is 5.98. The third-order valence-electron chi connectivity index (χ3n) is 4.08. The first-order valence-corrected chi connectivity index (χ1v) is 8.44. The average Bonchev–Trinajstić information content (AvgIpc) is 3.08. The molecule has 2 atom stereocenters. The van der Waals surface area contributed by atoms with Gasteiger partial charge in [0.1, 0.15) is 6.10 Å². The molecule has 1 aromatic heterocycles. The fourth-order valence-corrected chi connectivity index (χ4v) is 2.81. The zero-order chi connectivity index (χ0) is 18.5. The summed E-state index contributed by atoms with van der Waals surface area (Å²) in [5.41, 5.74) is 3.34. The van der Waals surface area contributed by atoms with E-state index in [1.807, 2.05) is 48.6 Å². The Labute approximate surface area is 156 Å². The maximum atomic E-state index is 11.8. The Morgan fingerprint density at radius 2 is 1.96 bits per heavy atom. The van der Waals surface area contributed by atoms with E-state index in [1.54, 1.807) is 24.9 Å². The second kappa shape index (κ2) is 7.58. The van der Waals surface area contributed by atoms with Crippen LogP contribution in [0.15, 0.2) is 77.8 Å². The standard InChI is InChI=1S/C21H16N4O2/c26-21-25-20(19(27-21)11-18-8-9-22-14-24-18)17-10-16(12-23-13-17)7-6-15-4-2-1-3-5-15/h1-5,8-14,19-20H,(H,22,24)(H,25,26). The zero-order valence-electron chi connectivity index (χ0n) is 14.3. The summed E-state index contributed by atoms with van der Waals surface area (Å²) in [7, 11) is 0. The number of alkyl carbamates (subject to hydrolysis) is 1. The van der Waals surface area contributed by atoms with E-state index in [0.717, 1.165) is 22.4 Å². The lowest BCUT2D eigenvalue weighted by Crippen LogP contribution is -2.23. The van der Waals surface area contributed by atoms with Gasteiger partial charge in [0.2, 0.25) is 0 Å². The van der Waals surface area contributed by atoms with E-state index in [0.29, 0.717) is 0 Å². The molecule has 0 spiro atoms. The number of aromatic nitrogens is 1. The van der Waals surface area contributed by atoms with Crippen LogP contribution in [0.4, 0.5) is 4.79 Å². The molecule has 0 bridgehead atoms. The highest BCUT2D eigenvalue weighted by molar-refractivity contribution is 5.71. The van der Waals surface area contributed by atoms with Crippen molar-refractivity contribution in [2.75, 3.05) is 0 Å². The van der Waals surface area contributed by atoms with E-state index in [-0.39, 0.29) is 6.04 Å². The lowest BCUT2D eigenvalue weighted by Gasteiger charge is -2.15. The minimum atomic E-state index is -0.463. The largest absolute Gasteiger partial charge is 0.439 e. The van der Waals surface area contributed by atoms with Crippen LogP contribution in [0.25, 0.3) is 0 Å². The van der Waals surface area contributed by atoms with Crippen molar-refractivity contribution in [1.29, 1.82) is 0 Å². The second-order valence-corrected chi connectivity index (χ2v) is 5.98. The first-order valence-electron chi connectivity index (χ1n) is 8.44. The molecule has 1 amide bonds. The molecule has 2 aromatic rings. The molecule has 0 radical (unpaired) electrons. The van der Waals surface area contributed by atoms with E-state index < -0.39 is 12.2 Å². The number of rotatable bonds is 2. The summed E-state index contributed by atoms with van der Waals surface area (Å²) in [6.45, 7) is 0. The SMILES string of the molecule is O=C1NC(c2cncc(C#Cc3ccccc3)c2)C(C=C2C=CN=CN2)O1. The van der Waals surface area contributed by atoms with Crippen molar-refractivity contribution in [1.82, 2.24) is 15.6 Å². The number of carbonyl (C=O) groups is 1. The zero-order valence-corrected chi connectivity index (χ0v) is 14.3. The molecule has 2 aliphatic rings. The minimum Gasteiger partial charge on any atom is -0.439 e. The quantitative estimate of drug-likeness (QED) is 0.811. The highest BCUT2D eigenvalue weighted by Gasteiger charge is 2.34. The summed E-state index contributed by atoms with van der Waals surface area (Å²) in [5.74, 6) is 6.22. The summed E-state index contributed by atoms with van der Waals surface area (Å²) in [6, 6.07) is 11.3. The molecule has 6 heteroatoms. The Morgan fingerprint density at radius 3 is 2.78 bits per heavy atom. The van der Waals surface area contributed by atoms with E-state index in [9.17, 15) is 4.79 Å². The number of allylic oxidation sites excluding steroid dienone is 1. The van der Waals surface area contributed by atoms with Gasteiger partial charge in [-0.25, -0.2) is 9.79 Å². The number of amides is 1. The van der Waals surface area contributed by atoms with Crippen molar-refractivity contribution in [3.05, 3.63) is 89.5 Å². The molecule has 132 valence electrons. The highest BCUT2D eigenvalue weighted by atomic mass is 16.6. The van der Waals surface area contributed by atoms with Crippen LogP contribution in [0, 0.1) is 11.8 Å². The van der Waals surface area contributed by atoms with Crippen molar-refractivity contribution < 1.29 is 9.53 Å². The molecule has 6 nitrogen and oxygen atoms in total. The van der Waals surface area contributed by atoms with Crippen LogP contribution in [0.5, 0.6) is 0 Å². The molecule has 1 fully saturated rings. The number of benzene rings is 1. The van der Waals surface area contributed by atoms with Crippen LogP contribution in [0.1, 0.15) is 22.7 Å². The molecule has 2 aliphatic heterocycles. The molecule has 1 aromatic carbocycles. The Bertz CT molecular complexity index is 1000. The van der Waals surface area contributed by atoms with Gasteiger partial charge in [-0.05, 0) is 35.9 Å². The summed E-state index contributed by atoms with van der Waals surface area (Å²) < 4.78 is 5.39. The Balaban J connectivity index is 1.58. The van der Waals surface area contributed by atoms with Crippen LogP contribution in [0.3, 0.4) is 0 Å². The molecule has 3 heterocycles. The molecule has 27 heavy (non-hydrogen) atoms. The Hall–Kier alpha value is -3.85. The summed E-state index contributed by atoms with van der Waals surface area (Å²) in [6.07, 6.45) is 9.38. The number of pyridine rings is 1. The molecule has 4 rings (SSSR count). The van der Waals surface area contributed by atoms with Gasteiger partial charge in [0.25, 0.3) is 0 Å². The fraction of sp³-hybridized carbons (Fsp3) is 0.0952. The van der Waals surface area contributed by atoms with Gasteiger partial charge in [-0.2, -0.15) is 0 Å². The van der Waals surface area contributed by atoms with Crippen molar-refractivity contribution in [2.45, 2.75) is 12.1 Å². The summed E-state index contributed by atoms with van der Waals surface area (Å²) >= 11 is 0. The maximum absolute atomic E-state index is 11.8. The third-order valence-corrected chi connectivity index (χ3v) is 4.08. The van der Waals surface area contributed by atoms with Crippen molar-refractivity contribution in [2.24, 2.45) is 4.99 Å². The van der Waals surface area contributed by atoms with Crippen LogP contribution in [-0.2, 0) is 4.74 Å². The molecule has 2 N–H and O–H groups in total. The van der Waals surface area contributed by atoms with E-state index >= 15 is 0 Å². The van der Waals surface area contributed by atoms with Gasteiger partial charge in [0, 0.05) is 35.4 Å². The number of aliphatic imine (C=N–C) groups is 1. The topological polar surface area (TPSA) is 75.6 Å². The number of nitrogens with one attached hydrogen (secondary N) is 2. The van der Waals surface area contributed by atoms with Crippen LogP contribution in [0.2, 0.25) is 0 Å². The monoisotopic (exact) mass is 356 g/mol. The van der Waals surface area contributed by atoms with Crippen LogP contribution in [-0.4, -0.2) is 23.5 Å². The van der Waals surface area contributed by atoms with Crippen LogP contribution < -0.4 is 10.6 Å². The molecule has 0 aliphatic carbocycles. The lowest BCUT2D eigenvalue weighted by atomic mass is 10.0. The first kappa shape index (κ1) is 16.6. The smallest absolute Gasteiger partial charge is 0.408 e. The molecule has 0 saturated carbocycles. The van der Waals surface area contributed by atoms with Gasteiger partial charge in [-0.15, -0.1) is 0 Å². The van der Waals surface area contributed by atoms with Crippen molar-refractivity contribution >= 4 is 12.4 Å². The van der Waals surface area contributed by atoms with Crippen molar-refractivity contribution in [3.8, 4) is 11.8 Å². The average molecular weight is 356 g/mol. The number of carbonyl (C=O) groups excluding carboxylic acids is 1. The van der Waals surface area contributed by atoms with E-state index in [4.69, 9.17) is 4.74 Å². The Morgan fingerprint density at radius 1 is 1.11 bits per heavy atom. The predicted molar refractivity (Wildman–Crippen MR) is 102 cm³/mol. The summed E-state index contributed by atoms with van der Waals surface area (Å²) in [5, 5.41) is 5.84. The maximum Gasteiger partial charge on any atom is 0.408 e. The highest BCUT2D eigenvalue weighted by Crippen LogP contribution is 2.26. The van der Waals surface area contributed by atoms with Crippen molar-refractivity contribution in [3.63, 3.8) is 0 Å².